The van der Waals surface area contributed by atoms with E-state index in [-0.39, 0.29) is 30.0 Å². The topological polar surface area (TPSA) is 64.6 Å². The molecule has 2 heterocycles. The highest BCUT2D eigenvalue weighted by molar-refractivity contribution is 5.92. The van der Waals surface area contributed by atoms with Gasteiger partial charge in [-0.3, -0.25) is 4.79 Å². The second-order valence-corrected chi connectivity index (χ2v) is 6.82. The minimum absolute atomic E-state index is 0. The van der Waals surface area contributed by atoms with Crippen molar-refractivity contribution < 1.29 is 9.90 Å². The van der Waals surface area contributed by atoms with Crippen LogP contribution in [0.4, 0.5) is 5.69 Å². The van der Waals surface area contributed by atoms with E-state index in [1.54, 1.807) is 24.3 Å². The summed E-state index contributed by atoms with van der Waals surface area (Å²) in [6.45, 7) is 5.50. The van der Waals surface area contributed by atoms with Gasteiger partial charge in [-0.15, -0.1) is 12.4 Å². The van der Waals surface area contributed by atoms with Crippen LogP contribution in [0.5, 0.6) is 5.75 Å². The third-order valence-electron chi connectivity index (χ3n) is 5.01. The molecule has 0 spiro atoms. The van der Waals surface area contributed by atoms with Gasteiger partial charge in [-0.2, -0.15) is 0 Å². The number of aromatic hydroxyl groups is 1. The first kappa shape index (κ1) is 19.0. The molecule has 5 nitrogen and oxygen atoms in total. The first-order chi connectivity index (χ1) is 11.2. The maximum absolute atomic E-state index is 12.3. The summed E-state index contributed by atoms with van der Waals surface area (Å²) in [6.07, 6.45) is 4.48. The number of rotatable bonds is 4. The second kappa shape index (κ2) is 9.25. The van der Waals surface area contributed by atoms with Crippen molar-refractivity contribution in [1.82, 2.24) is 10.2 Å². The van der Waals surface area contributed by atoms with Crippen LogP contribution < -0.4 is 10.6 Å². The van der Waals surface area contributed by atoms with Crippen molar-refractivity contribution in [1.29, 1.82) is 0 Å². The predicted molar refractivity (Wildman–Crippen MR) is 98.7 cm³/mol. The molecular weight excluding hydrogens is 326 g/mol. The van der Waals surface area contributed by atoms with Crippen LogP contribution in [0.25, 0.3) is 0 Å². The van der Waals surface area contributed by atoms with Gasteiger partial charge in [-0.1, -0.05) is 0 Å². The van der Waals surface area contributed by atoms with Crippen LogP contribution in [0, 0.1) is 11.8 Å². The van der Waals surface area contributed by atoms with Crippen LogP contribution in [-0.2, 0) is 4.79 Å². The standard InChI is InChI=1S/C18H27N3O2.ClH/c22-17-5-3-16(4-6-17)20-18(23)15-7-10-21(11-8-15)13-14-2-1-9-19-12-14;/h3-6,14-15,19,22H,1-2,7-13H2,(H,20,23);1H. The molecule has 1 atom stereocenters. The maximum atomic E-state index is 12.3. The lowest BCUT2D eigenvalue weighted by Gasteiger charge is -2.35. The number of hydrogen-bond donors (Lipinski definition) is 3. The highest BCUT2D eigenvalue weighted by Gasteiger charge is 2.26. The number of benzene rings is 1. The molecular formula is C18H28ClN3O2. The Balaban J connectivity index is 0.00000208. The Hall–Kier alpha value is -1.30. The summed E-state index contributed by atoms with van der Waals surface area (Å²) < 4.78 is 0. The fourth-order valence-corrected chi connectivity index (χ4v) is 3.61. The van der Waals surface area contributed by atoms with Gasteiger partial charge in [0, 0.05) is 18.2 Å². The number of hydrogen-bond acceptors (Lipinski definition) is 4. The van der Waals surface area contributed by atoms with Crippen LogP contribution in [0.1, 0.15) is 25.7 Å². The number of phenolic OH excluding ortho intramolecular Hbond substituents is 1. The molecule has 2 aliphatic rings. The Morgan fingerprint density at radius 3 is 2.54 bits per heavy atom. The number of halogens is 1. The molecule has 2 aliphatic heterocycles. The molecule has 134 valence electrons. The quantitative estimate of drug-likeness (QED) is 0.727. The number of nitrogens with zero attached hydrogens (tertiary/aromatic N) is 1. The van der Waals surface area contributed by atoms with Gasteiger partial charge < -0.3 is 20.6 Å². The predicted octanol–water partition coefficient (Wildman–Crippen LogP) is 2.46. The molecule has 1 aromatic rings. The van der Waals surface area contributed by atoms with E-state index in [2.05, 4.69) is 15.5 Å². The monoisotopic (exact) mass is 353 g/mol. The van der Waals surface area contributed by atoms with Crippen molar-refractivity contribution >= 4 is 24.0 Å². The van der Waals surface area contributed by atoms with E-state index in [1.165, 1.54) is 19.4 Å². The van der Waals surface area contributed by atoms with Crippen LogP contribution >= 0.6 is 12.4 Å². The molecule has 1 unspecified atom stereocenters. The molecule has 0 saturated carbocycles. The molecule has 0 radical (unpaired) electrons. The number of phenols is 1. The third-order valence-corrected chi connectivity index (χ3v) is 5.01. The van der Waals surface area contributed by atoms with Crippen molar-refractivity contribution in [2.24, 2.45) is 11.8 Å². The van der Waals surface area contributed by atoms with Crippen molar-refractivity contribution in [3.05, 3.63) is 24.3 Å². The summed E-state index contributed by atoms with van der Waals surface area (Å²) in [5.41, 5.74) is 0.753. The number of amides is 1. The lowest BCUT2D eigenvalue weighted by Crippen LogP contribution is -2.43. The van der Waals surface area contributed by atoms with E-state index in [9.17, 15) is 9.90 Å². The lowest BCUT2D eigenvalue weighted by molar-refractivity contribution is -0.121. The number of piperidine rings is 2. The van der Waals surface area contributed by atoms with Crippen LogP contribution in [0.3, 0.4) is 0 Å². The molecule has 2 saturated heterocycles. The van der Waals surface area contributed by atoms with E-state index in [0.29, 0.717) is 0 Å². The summed E-state index contributed by atoms with van der Waals surface area (Å²) >= 11 is 0. The smallest absolute Gasteiger partial charge is 0.227 e. The highest BCUT2D eigenvalue weighted by Crippen LogP contribution is 2.22. The van der Waals surface area contributed by atoms with Gasteiger partial charge in [0.15, 0.2) is 0 Å². The van der Waals surface area contributed by atoms with Gasteiger partial charge in [0.05, 0.1) is 0 Å². The molecule has 1 amide bonds. The Morgan fingerprint density at radius 1 is 1.21 bits per heavy atom. The number of carbonyl (C=O) groups is 1. The molecule has 0 aliphatic carbocycles. The Bertz CT molecular complexity index is 510. The van der Waals surface area contributed by atoms with Gasteiger partial charge in [-0.25, -0.2) is 0 Å². The van der Waals surface area contributed by atoms with E-state index in [1.807, 2.05) is 0 Å². The largest absolute Gasteiger partial charge is 0.508 e. The normalized spacial score (nSPS) is 22.6. The number of likely N-dealkylation sites (tertiary alicyclic amines) is 1. The Kier molecular flexibility index (Phi) is 7.34. The number of anilines is 1. The summed E-state index contributed by atoms with van der Waals surface area (Å²) in [6, 6.07) is 6.66. The summed E-state index contributed by atoms with van der Waals surface area (Å²) in [5, 5.41) is 15.7. The SMILES string of the molecule is Cl.O=C(Nc1ccc(O)cc1)C1CCN(CC2CCCNC2)CC1. The van der Waals surface area contributed by atoms with Crippen LogP contribution in [0.15, 0.2) is 24.3 Å². The minimum Gasteiger partial charge on any atom is -0.508 e. The molecule has 3 N–H and O–H groups in total. The zero-order valence-electron chi connectivity index (χ0n) is 14.0. The highest BCUT2D eigenvalue weighted by atomic mass is 35.5. The minimum atomic E-state index is 0. The van der Waals surface area contributed by atoms with Crippen molar-refractivity contribution in [3.8, 4) is 5.75 Å². The van der Waals surface area contributed by atoms with Gasteiger partial charge in [0.25, 0.3) is 0 Å². The molecule has 24 heavy (non-hydrogen) atoms. The lowest BCUT2D eigenvalue weighted by atomic mass is 9.93. The summed E-state index contributed by atoms with van der Waals surface area (Å²) in [5.74, 6) is 1.19. The third kappa shape index (κ3) is 5.36. The first-order valence-electron chi connectivity index (χ1n) is 8.73. The fourth-order valence-electron chi connectivity index (χ4n) is 3.61. The molecule has 3 rings (SSSR count). The number of nitrogens with one attached hydrogen (secondary N) is 2. The number of carbonyl (C=O) groups excluding carboxylic acids is 1. The van der Waals surface area contributed by atoms with Crippen molar-refractivity contribution in [2.45, 2.75) is 25.7 Å². The molecule has 0 aromatic heterocycles. The van der Waals surface area contributed by atoms with Gasteiger partial charge in [0.1, 0.15) is 5.75 Å². The Labute approximate surface area is 150 Å². The zero-order valence-corrected chi connectivity index (χ0v) is 14.9. The molecule has 2 fully saturated rings. The van der Waals surface area contributed by atoms with E-state index < -0.39 is 0 Å². The Morgan fingerprint density at radius 2 is 1.92 bits per heavy atom. The van der Waals surface area contributed by atoms with Gasteiger partial charge in [-0.05, 0) is 82.0 Å². The molecule has 6 heteroatoms. The fraction of sp³-hybridized carbons (Fsp3) is 0.611. The average molecular weight is 354 g/mol. The first-order valence-corrected chi connectivity index (χ1v) is 8.73. The van der Waals surface area contributed by atoms with Crippen LogP contribution in [-0.4, -0.2) is 48.6 Å². The van der Waals surface area contributed by atoms with E-state index in [0.717, 1.165) is 50.6 Å². The zero-order chi connectivity index (χ0) is 16.1. The maximum Gasteiger partial charge on any atom is 0.227 e. The van der Waals surface area contributed by atoms with Crippen LogP contribution in [0.2, 0.25) is 0 Å². The summed E-state index contributed by atoms with van der Waals surface area (Å²) in [4.78, 5) is 14.9. The average Bonchev–Trinajstić information content (AvgIpc) is 2.58. The summed E-state index contributed by atoms with van der Waals surface area (Å²) in [7, 11) is 0. The second-order valence-electron chi connectivity index (χ2n) is 6.82. The van der Waals surface area contributed by atoms with Gasteiger partial charge in [0.2, 0.25) is 5.91 Å². The van der Waals surface area contributed by atoms with E-state index >= 15 is 0 Å². The van der Waals surface area contributed by atoms with E-state index in [4.69, 9.17) is 0 Å². The molecule has 1 aromatic carbocycles. The van der Waals surface area contributed by atoms with Crippen molar-refractivity contribution in [3.63, 3.8) is 0 Å². The van der Waals surface area contributed by atoms with Crippen molar-refractivity contribution in [2.75, 3.05) is 38.0 Å². The molecule has 0 bridgehead atoms. The van der Waals surface area contributed by atoms with Gasteiger partial charge >= 0.3 is 0 Å².